The van der Waals surface area contributed by atoms with Crippen molar-refractivity contribution in [1.82, 2.24) is 5.32 Å². The molecule has 0 saturated carbocycles. The third-order valence-electron chi connectivity index (χ3n) is 3.27. The molecule has 9 heteroatoms. The van der Waals surface area contributed by atoms with Gasteiger partial charge in [0, 0.05) is 24.1 Å². The van der Waals surface area contributed by atoms with Crippen LogP contribution >= 0.6 is 0 Å². The summed E-state index contributed by atoms with van der Waals surface area (Å²) in [6, 6.07) is 4.59. The van der Waals surface area contributed by atoms with E-state index in [1.165, 1.54) is 6.07 Å². The summed E-state index contributed by atoms with van der Waals surface area (Å²) in [4.78, 5) is 43.0. The van der Waals surface area contributed by atoms with Gasteiger partial charge in [0.15, 0.2) is 11.9 Å². The van der Waals surface area contributed by atoms with Crippen LogP contribution in [0.1, 0.15) is 30.0 Å². The normalized spacial score (nSPS) is 9.75. The number of hydrogen-bond acceptors (Lipinski definition) is 8. The van der Waals surface area contributed by atoms with Crippen LogP contribution in [0.15, 0.2) is 30.4 Å². The van der Waals surface area contributed by atoms with E-state index in [2.05, 4.69) is 11.9 Å². The second-order valence-electron chi connectivity index (χ2n) is 5.83. The quantitative estimate of drug-likeness (QED) is 0.168. The molecule has 0 radical (unpaired) electrons. The molecule has 0 saturated heterocycles. The van der Waals surface area contributed by atoms with Crippen LogP contribution in [0, 0.1) is 0 Å². The van der Waals surface area contributed by atoms with E-state index in [1.54, 1.807) is 24.0 Å². The minimum absolute atomic E-state index is 0.0656. The molecule has 0 aliphatic heterocycles. The standard InChI is InChI=1S/C19H23N3O6/c1-13(2)12-28-27-5-3-4-26-19(25)22-9-14-6-15(17(20)10-23)8-16(7-14)18(21)11-24/h6-8H,1,3-5,9,12,20-21H2,2H3,(H,22,25). The molecule has 1 amide bonds. The number of hydrogen-bond donors (Lipinski definition) is 3. The molecule has 5 N–H and O–H groups in total. The summed E-state index contributed by atoms with van der Waals surface area (Å²) in [6.07, 6.45) is -0.197. The lowest BCUT2D eigenvalue weighted by Gasteiger charge is -2.10. The molecule has 1 rings (SSSR count). The van der Waals surface area contributed by atoms with Gasteiger partial charge >= 0.3 is 6.09 Å². The second kappa shape index (κ2) is 12.1. The fourth-order valence-corrected chi connectivity index (χ4v) is 1.93. The van der Waals surface area contributed by atoms with Gasteiger partial charge in [-0.3, -0.25) is 0 Å². The summed E-state index contributed by atoms with van der Waals surface area (Å²) in [5.74, 6) is 3.14. The Morgan fingerprint density at radius 1 is 1.07 bits per heavy atom. The molecule has 9 nitrogen and oxygen atoms in total. The molecule has 0 aliphatic rings. The summed E-state index contributed by atoms with van der Waals surface area (Å²) in [7, 11) is 0. The summed E-state index contributed by atoms with van der Waals surface area (Å²) in [5, 5.41) is 2.54. The molecule has 0 unspecified atom stereocenters. The van der Waals surface area contributed by atoms with Gasteiger partial charge in [0.05, 0.1) is 13.2 Å². The smallest absolute Gasteiger partial charge is 0.407 e. The first kappa shape index (κ1) is 22.7. The van der Waals surface area contributed by atoms with Gasteiger partial charge in [0.25, 0.3) is 0 Å². The molecule has 150 valence electrons. The Labute approximate surface area is 162 Å². The third kappa shape index (κ3) is 8.35. The summed E-state index contributed by atoms with van der Waals surface area (Å²) in [5.41, 5.74) is 12.9. The van der Waals surface area contributed by atoms with Crippen molar-refractivity contribution < 1.29 is 28.9 Å². The fourth-order valence-electron chi connectivity index (χ4n) is 1.93. The second-order valence-corrected chi connectivity index (χ2v) is 5.83. The zero-order valence-electron chi connectivity index (χ0n) is 15.6. The average molecular weight is 389 g/mol. The Kier molecular flexibility index (Phi) is 9.82. The SMILES string of the molecule is C=C(C)COOCCCOC(=O)NCc1cc(C(N)=C=O)cc(C(N)=C=O)c1. The van der Waals surface area contributed by atoms with Crippen molar-refractivity contribution >= 4 is 29.4 Å². The highest BCUT2D eigenvalue weighted by molar-refractivity contribution is 5.89. The lowest BCUT2D eigenvalue weighted by atomic mass is 10.0. The van der Waals surface area contributed by atoms with Crippen molar-refractivity contribution in [3.63, 3.8) is 0 Å². The van der Waals surface area contributed by atoms with E-state index in [9.17, 15) is 14.4 Å². The minimum Gasteiger partial charge on any atom is -0.449 e. The molecule has 0 aromatic heterocycles. The van der Waals surface area contributed by atoms with E-state index in [1.807, 2.05) is 6.92 Å². The van der Waals surface area contributed by atoms with E-state index in [4.69, 9.17) is 26.0 Å². The zero-order valence-corrected chi connectivity index (χ0v) is 15.6. The van der Waals surface area contributed by atoms with Crippen molar-refractivity contribution in [2.45, 2.75) is 19.9 Å². The lowest BCUT2D eigenvalue weighted by Crippen LogP contribution is -2.24. The van der Waals surface area contributed by atoms with Crippen LogP contribution in [0.3, 0.4) is 0 Å². The largest absolute Gasteiger partial charge is 0.449 e. The highest BCUT2D eigenvalue weighted by Crippen LogP contribution is 2.17. The number of benzene rings is 1. The van der Waals surface area contributed by atoms with Crippen LogP contribution in [0.25, 0.3) is 11.4 Å². The van der Waals surface area contributed by atoms with Crippen LogP contribution in [0.2, 0.25) is 0 Å². The van der Waals surface area contributed by atoms with Crippen molar-refractivity contribution in [3.8, 4) is 0 Å². The zero-order chi connectivity index (χ0) is 20.9. The van der Waals surface area contributed by atoms with E-state index >= 15 is 0 Å². The van der Waals surface area contributed by atoms with Crippen LogP contribution in [0.4, 0.5) is 4.79 Å². The first-order valence-electron chi connectivity index (χ1n) is 8.32. The maximum Gasteiger partial charge on any atom is 0.407 e. The van der Waals surface area contributed by atoms with E-state index in [-0.39, 0.29) is 31.2 Å². The van der Waals surface area contributed by atoms with Gasteiger partial charge in [0.2, 0.25) is 0 Å². The van der Waals surface area contributed by atoms with Gasteiger partial charge in [0.1, 0.15) is 18.0 Å². The molecule has 0 bridgehead atoms. The van der Waals surface area contributed by atoms with Crippen molar-refractivity contribution in [2.75, 3.05) is 19.8 Å². The Morgan fingerprint density at radius 3 is 2.21 bits per heavy atom. The molecular weight excluding hydrogens is 366 g/mol. The molecule has 28 heavy (non-hydrogen) atoms. The van der Waals surface area contributed by atoms with Gasteiger partial charge in [-0.05, 0) is 30.7 Å². The van der Waals surface area contributed by atoms with E-state index in [0.29, 0.717) is 29.7 Å². The Balaban J connectivity index is 2.52. The van der Waals surface area contributed by atoms with E-state index in [0.717, 1.165) is 5.57 Å². The van der Waals surface area contributed by atoms with E-state index < -0.39 is 6.09 Å². The number of nitrogens with one attached hydrogen (secondary N) is 1. The van der Waals surface area contributed by atoms with Gasteiger partial charge in [-0.1, -0.05) is 12.2 Å². The molecule has 0 heterocycles. The third-order valence-corrected chi connectivity index (χ3v) is 3.27. The number of carbonyl (C=O) groups excluding carboxylic acids is 3. The predicted octanol–water partition coefficient (Wildman–Crippen LogP) is 1.09. The summed E-state index contributed by atoms with van der Waals surface area (Å²) >= 11 is 0. The molecule has 0 spiro atoms. The number of ether oxygens (including phenoxy) is 1. The molecule has 1 aromatic carbocycles. The maximum atomic E-state index is 11.7. The van der Waals surface area contributed by atoms with Crippen LogP contribution in [-0.2, 0) is 30.6 Å². The Hall–Kier alpha value is -3.35. The predicted molar refractivity (Wildman–Crippen MR) is 103 cm³/mol. The minimum atomic E-state index is -0.646. The van der Waals surface area contributed by atoms with Crippen LogP contribution in [-0.4, -0.2) is 37.8 Å². The molecule has 0 fully saturated rings. The van der Waals surface area contributed by atoms with Gasteiger partial charge in [-0.25, -0.2) is 24.2 Å². The molecule has 1 aromatic rings. The number of rotatable bonds is 11. The molecule has 0 aliphatic carbocycles. The van der Waals surface area contributed by atoms with Gasteiger partial charge in [-0.2, -0.15) is 0 Å². The number of alkyl carbamates (subject to hydrolysis) is 1. The van der Waals surface area contributed by atoms with Crippen molar-refractivity contribution in [2.24, 2.45) is 11.5 Å². The van der Waals surface area contributed by atoms with Crippen LogP contribution < -0.4 is 16.8 Å². The van der Waals surface area contributed by atoms with Crippen LogP contribution in [0.5, 0.6) is 0 Å². The summed E-state index contributed by atoms with van der Waals surface area (Å²) in [6.45, 7) is 6.23. The van der Waals surface area contributed by atoms with Gasteiger partial charge < -0.3 is 21.5 Å². The Morgan fingerprint density at radius 2 is 1.68 bits per heavy atom. The molecular formula is C19H23N3O6. The molecule has 0 atom stereocenters. The Bertz CT molecular complexity index is 766. The number of carbonyl (C=O) groups is 1. The highest BCUT2D eigenvalue weighted by atomic mass is 17.2. The monoisotopic (exact) mass is 389 g/mol. The number of amides is 1. The highest BCUT2D eigenvalue weighted by Gasteiger charge is 2.09. The average Bonchev–Trinajstić information content (AvgIpc) is 2.69. The fraction of sp³-hybridized carbons (Fsp3) is 0.316. The van der Waals surface area contributed by atoms with Gasteiger partial charge in [-0.15, -0.1) is 0 Å². The topological polar surface area (TPSA) is 143 Å². The van der Waals surface area contributed by atoms with Crippen molar-refractivity contribution in [1.29, 1.82) is 0 Å². The lowest BCUT2D eigenvalue weighted by molar-refractivity contribution is -0.288. The van der Waals surface area contributed by atoms with Crippen molar-refractivity contribution in [3.05, 3.63) is 47.0 Å². The number of nitrogens with two attached hydrogens (primary N) is 2. The first-order valence-corrected chi connectivity index (χ1v) is 8.32. The summed E-state index contributed by atoms with van der Waals surface area (Å²) < 4.78 is 5.00. The first-order chi connectivity index (χ1) is 13.4. The maximum absolute atomic E-state index is 11.7.